The van der Waals surface area contributed by atoms with Crippen LogP contribution in [0, 0.1) is 0 Å². The van der Waals surface area contributed by atoms with Crippen LogP contribution in [0.3, 0.4) is 0 Å². The highest BCUT2D eigenvalue weighted by atomic mass is 32.2. The second-order valence-corrected chi connectivity index (χ2v) is 7.76. The van der Waals surface area contributed by atoms with Crippen LogP contribution in [0.25, 0.3) is 0 Å². The average Bonchev–Trinajstić information content (AvgIpc) is 3.18. The van der Waals surface area contributed by atoms with Crippen LogP contribution in [0.1, 0.15) is 23.2 Å². The van der Waals surface area contributed by atoms with Crippen molar-refractivity contribution in [3.63, 3.8) is 0 Å². The van der Waals surface area contributed by atoms with Crippen molar-refractivity contribution >= 4 is 40.9 Å². The molecule has 0 radical (unpaired) electrons. The highest BCUT2D eigenvalue weighted by Crippen LogP contribution is 2.32. The fraction of sp³-hybridized carbons (Fsp3) is 0.286. The van der Waals surface area contributed by atoms with Gasteiger partial charge < -0.3 is 15.1 Å². The second-order valence-electron chi connectivity index (χ2n) is 6.88. The van der Waals surface area contributed by atoms with Gasteiger partial charge in [-0.15, -0.1) is 11.8 Å². The zero-order chi connectivity index (χ0) is 19.7. The fourth-order valence-corrected chi connectivity index (χ4v) is 4.28. The maximum Gasteiger partial charge on any atom is 0.256 e. The van der Waals surface area contributed by atoms with Gasteiger partial charge in [-0.05, 0) is 49.4 Å². The first kappa shape index (κ1) is 18.6. The molecule has 1 saturated heterocycles. The van der Waals surface area contributed by atoms with Crippen molar-refractivity contribution in [2.75, 3.05) is 29.6 Å². The van der Waals surface area contributed by atoms with E-state index in [0.29, 0.717) is 29.9 Å². The van der Waals surface area contributed by atoms with E-state index in [0.717, 1.165) is 11.3 Å². The molecule has 2 aromatic rings. The molecule has 0 aromatic heterocycles. The number of rotatable bonds is 4. The molecule has 7 heteroatoms. The summed E-state index contributed by atoms with van der Waals surface area (Å²) in [5.41, 5.74) is 1.66. The molecule has 28 heavy (non-hydrogen) atoms. The Morgan fingerprint density at radius 2 is 2.00 bits per heavy atom. The monoisotopic (exact) mass is 395 g/mol. The lowest BCUT2D eigenvalue weighted by Crippen LogP contribution is -2.47. The Balaban J connectivity index is 1.61. The van der Waals surface area contributed by atoms with E-state index in [1.165, 1.54) is 4.90 Å². The van der Waals surface area contributed by atoms with E-state index in [-0.39, 0.29) is 24.3 Å². The molecule has 2 aromatic carbocycles. The Bertz CT molecular complexity index is 946. The number of anilines is 2. The average molecular weight is 395 g/mol. The quantitative estimate of drug-likeness (QED) is 0.808. The molecule has 1 atom stereocenters. The van der Waals surface area contributed by atoms with E-state index in [4.69, 9.17) is 0 Å². The molecule has 0 aliphatic carbocycles. The van der Waals surface area contributed by atoms with Crippen LogP contribution in [0.5, 0.6) is 0 Å². The number of carbonyl (C=O) groups is 3. The van der Waals surface area contributed by atoms with Crippen molar-refractivity contribution in [1.82, 2.24) is 4.90 Å². The van der Waals surface area contributed by atoms with Gasteiger partial charge in [0.15, 0.2) is 0 Å². The van der Waals surface area contributed by atoms with Gasteiger partial charge in [-0.1, -0.05) is 18.2 Å². The van der Waals surface area contributed by atoms with Crippen molar-refractivity contribution in [2.24, 2.45) is 0 Å². The molecule has 2 heterocycles. The van der Waals surface area contributed by atoms with Gasteiger partial charge in [-0.3, -0.25) is 14.4 Å². The third kappa shape index (κ3) is 3.38. The molecule has 0 bridgehead atoms. The van der Waals surface area contributed by atoms with E-state index < -0.39 is 6.04 Å². The number of fused-ring (bicyclic) bond motifs is 2. The van der Waals surface area contributed by atoms with E-state index in [1.807, 2.05) is 30.5 Å². The Labute approximate surface area is 167 Å². The topological polar surface area (TPSA) is 69.7 Å². The van der Waals surface area contributed by atoms with Crippen molar-refractivity contribution in [3.05, 3.63) is 54.1 Å². The van der Waals surface area contributed by atoms with E-state index in [9.17, 15) is 14.4 Å². The molecule has 6 nitrogen and oxygen atoms in total. The number of benzene rings is 2. The summed E-state index contributed by atoms with van der Waals surface area (Å²) < 4.78 is 0. The molecule has 0 unspecified atom stereocenters. The summed E-state index contributed by atoms with van der Waals surface area (Å²) in [6.07, 6.45) is 3.40. The van der Waals surface area contributed by atoms with Crippen LogP contribution in [-0.2, 0) is 9.59 Å². The highest BCUT2D eigenvalue weighted by Gasteiger charge is 2.42. The molecule has 4 rings (SSSR count). The third-order valence-corrected chi connectivity index (χ3v) is 5.87. The van der Waals surface area contributed by atoms with Crippen LogP contribution < -0.4 is 10.2 Å². The lowest BCUT2D eigenvalue weighted by Gasteiger charge is -2.25. The lowest BCUT2D eigenvalue weighted by molar-refractivity contribution is -0.124. The summed E-state index contributed by atoms with van der Waals surface area (Å²) in [5, 5.41) is 2.86. The molecular weight excluding hydrogens is 374 g/mol. The van der Waals surface area contributed by atoms with Crippen LogP contribution >= 0.6 is 11.8 Å². The van der Waals surface area contributed by atoms with Crippen LogP contribution in [0.4, 0.5) is 11.4 Å². The molecule has 1 N–H and O–H groups in total. The van der Waals surface area contributed by atoms with E-state index >= 15 is 0 Å². The molecular formula is C21H21N3O3S. The molecule has 144 valence electrons. The standard InChI is InChI=1S/C21H21N3O3S/c1-28-15-7-4-6-14(12-15)22-19(25)13-24-17-9-3-2-8-16(17)20(26)23-11-5-10-18(23)21(24)27/h2-4,6-9,12,18H,5,10-11,13H2,1H3,(H,22,25)/t18-/m0/s1. The van der Waals surface area contributed by atoms with Crippen molar-refractivity contribution in [2.45, 2.75) is 23.8 Å². The predicted molar refractivity (Wildman–Crippen MR) is 110 cm³/mol. The Morgan fingerprint density at radius 1 is 1.18 bits per heavy atom. The van der Waals surface area contributed by atoms with Gasteiger partial charge in [0.25, 0.3) is 5.91 Å². The molecule has 0 spiro atoms. The van der Waals surface area contributed by atoms with Crippen molar-refractivity contribution < 1.29 is 14.4 Å². The molecule has 2 aliphatic rings. The minimum atomic E-state index is -0.493. The number of hydrogen-bond donors (Lipinski definition) is 1. The van der Waals surface area contributed by atoms with Gasteiger partial charge in [0, 0.05) is 17.1 Å². The maximum atomic E-state index is 13.2. The summed E-state index contributed by atoms with van der Waals surface area (Å²) in [6.45, 7) is 0.446. The second kappa shape index (κ2) is 7.67. The normalized spacial score (nSPS) is 18.5. The minimum absolute atomic E-state index is 0.128. The Kier molecular flexibility index (Phi) is 5.09. The van der Waals surface area contributed by atoms with Gasteiger partial charge in [0.1, 0.15) is 12.6 Å². The first-order valence-electron chi connectivity index (χ1n) is 9.24. The summed E-state index contributed by atoms with van der Waals surface area (Å²) in [5.74, 6) is -0.619. The minimum Gasteiger partial charge on any atom is -0.327 e. The maximum absolute atomic E-state index is 13.2. The van der Waals surface area contributed by atoms with Gasteiger partial charge in [0.2, 0.25) is 11.8 Å². The zero-order valence-electron chi connectivity index (χ0n) is 15.6. The summed E-state index contributed by atoms with van der Waals surface area (Å²) in [7, 11) is 0. The van der Waals surface area contributed by atoms with Gasteiger partial charge in [0.05, 0.1) is 11.3 Å². The number of amides is 3. The predicted octanol–water partition coefficient (Wildman–Crippen LogP) is 3.00. The largest absolute Gasteiger partial charge is 0.327 e. The third-order valence-electron chi connectivity index (χ3n) is 5.15. The van der Waals surface area contributed by atoms with Crippen molar-refractivity contribution in [3.8, 4) is 0 Å². The molecule has 2 aliphatic heterocycles. The Hall–Kier alpha value is -2.80. The van der Waals surface area contributed by atoms with Crippen LogP contribution in [-0.4, -0.2) is 48.0 Å². The van der Waals surface area contributed by atoms with Gasteiger partial charge >= 0.3 is 0 Å². The lowest BCUT2D eigenvalue weighted by atomic mass is 10.1. The summed E-state index contributed by atoms with van der Waals surface area (Å²) in [6, 6.07) is 14.1. The van der Waals surface area contributed by atoms with Crippen LogP contribution in [0.15, 0.2) is 53.4 Å². The van der Waals surface area contributed by atoms with Gasteiger partial charge in [-0.25, -0.2) is 0 Å². The van der Waals surface area contributed by atoms with E-state index in [2.05, 4.69) is 5.32 Å². The number of thioether (sulfide) groups is 1. The number of carbonyl (C=O) groups excluding carboxylic acids is 3. The first-order valence-corrected chi connectivity index (χ1v) is 10.5. The first-order chi connectivity index (χ1) is 13.6. The zero-order valence-corrected chi connectivity index (χ0v) is 16.4. The summed E-state index contributed by atoms with van der Waals surface area (Å²) in [4.78, 5) is 42.9. The number of hydrogen-bond acceptors (Lipinski definition) is 4. The number of nitrogens with zero attached hydrogens (tertiary/aromatic N) is 2. The smallest absolute Gasteiger partial charge is 0.256 e. The number of para-hydroxylation sites is 1. The Morgan fingerprint density at radius 3 is 2.82 bits per heavy atom. The van der Waals surface area contributed by atoms with E-state index in [1.54, 1.807) is 40.9 Å². The van der Waals surface area contributed by atoms with Crippen molar-refractivity contribution in [1.29, 1.82) is 0 Å². The molecule has 3 amide bonds. The molecule has 0 saturated carbocycles. The SMILES string of the molecule is CSc1cccc(NC(=O)CN2C(=O)[C@@H]3CCCN3C(=O)c3ccccc32)c1. The van der Waals surface area contributed by atoms with Crippen LogP contribution in [0.2, 0.25) is 0 Å². The highest BCUT2D eigenvalue weighted by molar-refractivity contribution is 7.98. The summed E-state index contributed by atoms with van der Waals surface area (Å²) >= 11 is 1.59. The fourth-order valence-electron chi connectivity index (χ4n) is 3.82. The molecule has 1 fully saturated rings. The van der Waals surface area contributed by atoms with Gasteiger partial charge in [-0.2, -0.15) is 0 Å². The number of nitrogens with one attached hydrogen (secondary N) is 1.